The first-order valence-corrected chi connectivity index (χ1v) is 7.54. The average Bonchev–Trinajstić information content (AvgIpc) is 3.00. The van der Waals surface area contributed by atoms with Crippen LogP contribution >= 0.6 is 11.3 Å². The van der Waals surface area contributed by atoms with Gasteiger partial charge in [0.2, 0.25) is 0 Å². The zero-order valence-corrected chi connectivity index (χ0v) is 12.7. The molecule has 6 heteroatoms. The summed E-state index contributed by atoms with van der Waals surface area (Å²) in [6.45, 7) is 1.52. The smallest absolute Gasteiger partial charge is 0.311 e. The maximum absolute atomic E-state index is 12.0. The summed E-state index contributed by atoms with van der Waals surface area (Å²) in [5, 5.41) is 15.1. The molecule has 0 aliphatic heterocycles. The van der Waals surface area contributed by atoms with Crippen LogP contribution in [0.4, 0.5) is 5.69 Å². The van der Waals surface area contributed by atoms with Gasteiger partial charge < -0.3 is 10.1 Å². The van der Waals surface area contributed by atoms with Gasteiger partial charge in [0, 0.05) is 5.69 Å². The Hall–Kier alpha value is -2.65. The van der Waals surface area contributed by atoms with Gasteiger partial charge in [0.1, 0.15) is 0 Å². The third kappa shape index (κ3) is 4.43. The number of amides is 1. The molecule has 0 spiro atoms. The summed E-state index contributed by atoms with van der Waals surface area (Å²) in [7, 11) is 0. The Bertz CT molecular complexity index is 687. The van der Waals surface area contributed by atoms with E-state index < -0.39 is 18.0 Å². The zero-order chi connectivity index (χ0) is 15.9. The molecule has 0 aliphatic rings. The van der Waals surface area contributed by atoms with E-state index in [4.69, 9.17) is 10.00 Å². The summed E-state index contributed by atoms with van der Waals surface area (Å²) in [6, 6.07) is 10.3. The number of hydrogen-bond acceptors (Lipinski definition) is 5. The molecule has 1 aromatic carbocycles. The fourth-order valence-corrected chi connectivity index (χ4v) is 2.39. The van der Waals surface area contributed by atoms with Crippen molar-refractivity contribution < 1.29 is 14.3 Å². The Balaban J connectivity index is 1.86. The van der Waals surface area contributed by atoms with Crippen LogP contribution in [0, 0.1) is 11.3 Å². The standard InChI is InChI=1S/C16H14N2O3S/c1-11(21-15(19)8-13-6-7-22-10-13)16(20)18-14-4-2-12(9-17)3-5-14/h2-7,10-11H,8H2,1H3,(H,18,20)/t11-/m0/s1. The number of nitrogens with zero attached hydrogens (tertiary/aromatic N) is 1. The lowest BCUT2D eigenvalue weighted by Gasteiger charge is -2.13. The summed E-state index contributed by atoms with van der Waals surface area (Å²) in [4.78, 5) is 23.7. The summed E-state index contributed by atoms with van der Waals surface area (Å²) in [6.07, 6.45) is -0.736. The van der Waals surface area contributed by atoms with Crippen molar-refractivity contribution in [2.45, 2.75) is 19.4 Å². The molecule has 1 atom stereocenters. The van der Waals surface area contributed by atoms with Gasteiger partial charge in [-0.25, -0.2) is 0 Å². The molecule has 2 aromatic rings. The van der Waals surface area contributed by atoms with Crippen LogP contribution in [0.1, 0.15) is 18.1 Å². The lowest BCUT2D eigenvalue weighted by atomic mass is 10.2. The molecular weight excluding hydrogens is 300 g/mol. The molecular formula is C16H14N2O3S. The third-order valence-electron chi connectivity index (χ3n) is 2.89. The summed E-state index contributed by atoms with van der Waals surface area (Å²) in [5.74, 6) is -0.857. The number of nitriles is 1. The van der Waals surface area contributed by atoms with E-state index in [1.807, 2.05) is 22.9 Å². The van der Waals surface area contributed by atoms with Crippen molar-refractivity contribution >= 4 is 28.9 Å². The second kappa shape index (κ2) is 7.38. The Morgan fingerprint density at radius 2 is 2.05 bits per heavy atom. The zero-order valence-electron chi connectivity index (χ0n) is 11.9. The Morgan fingerprint density at radius 3 is 2.64 bits per heavy atom. The van der Waals surface area contributed by atoms with Gasteiger partial charge in [-0.05, 0) is 53.6 Å². The van der Waals surface area contributed by atoms with Crippen molar-refractivity contribution in [3.05, 3.63) is 52.2 Å². The van der Waals surface area contributed by atoms with Gasteiger partial charge in [-0.1, -0.05) is 0 Å². The first-order valence-electron chi connectivity index (χ1n) is 6.60. The van der Waals surface area contributed by atoms with Gasteiger partial charge in [-0.3, -0.25) is 9.59 Å². The van der Waals surface area contributed by atoms with Crippen molar-refractivity contribution in [3.63, 3.8) is 0 Å². The molecule has 0 saturated carbocycles. The van der Waals surface area contributed by atoms with Gasteiger partial charge in [0.15, 0.2) is 6.10 Å². The van der Waals surface area contributed by atoms with E-state index in [0.717, 1.165) is 5.56 Å². The van der Waals surface area contributed by atoms with Crippen LogP contribution in [0.2, 0.25) is 0 Å². The van der Waals surface area contributed by atoms with Gasteiger partial charge in [0.25, 0.3) is 5.91 Å². The number of esters is 1. The number of benzene rings is 1. The highest BCUT2D eigenvalue weighted by Gasteiger charge is 2.18. The van der Waals surface area contributed by atoms with Crippen LogP contribution in [-0.2, 0) is 20.7 Å². The minimum Gasteiger partial charge on any atom is -0.452 e. The summed E-state index contributed by atoms with van der Waals surface area (Å²) >= 11 is 1.50. The third-order valence-corrected chi connectivity index (χ3v) is 3.62. The van der Waals surface area contributed by atoms with E-state index in [1.165, 1.54) is 18.3 Å². The van der Waals surface area contributed by atoms with Gasteiger partial charge in [0.05, 0.1) is 18.1 Å². The fourth-order valence-electron chi connectivity index (χ4n) is 1.72. The second-order valence-corrected chi connectivity index (χ2v) is 5.40. The number of carbonyl (C=O) groups excluding carboxylic acids is 2. The molecule has 0 aliphatic carbocycles. The molecule has 0 radical (unpaired) electrons. The van der Waals surface area contributed by atoms with E-state index in [9.17, 15) is 9.59 Å². The van der Waals surface area contributed by atoms with Crippen LogP contribution < -0.4 is 5.32 Å². The quantitative estimate of drug-likeness (QED) is 0.861. The first-order chi connectivity index (χ1) is 10.6. The maximum Gasteiger partial charge on any atom is 0.311 e. The van der Waals surface area contributed by atoms with Crippen LogP contribution in [0.15, 0.2) is 41.1 Å². The average molecular weight is 314 g/mol. The highest BCUT2D eigenvalue weighted by Crippen LogP contribution is 2.11. The normalized spacial score (nSPS) is 11.3. The predicted molar refractivity (Wildman–Crippen MR) is 83.4 cm³/mol. The molecule has 112 valence electrons. The highest BCUT2D eigenvalue weighted by atomic mass is 32.1. The molecule has 1 N–H and O–H groups in total. The molecule has 0 saturated heterocycles. The number of rotatable bonds is 5. The first kappa shape index (κ1) is 15.7. The largest absolute Gasteiger partial charge is 0.452 e. The number of anilines is 1. The Kier molecular flexibility index (Phi) is 5.28. The topological polar surface area (TPSA) is 79.2 Å². The predicted octanol–water partition coefficient (Wildman–Crippen LogP) is 2.73. The second-order valence-electron chi connectivity index (χ2n) is 4.62. The molecule has 1 amide bonds. The van der Waals surface area contributed by atoms with Crippen molar-refractivity contribution in [3.8, 4) is 6.07 Å². The van der Waals surface area contributed by atoms with Crippen LogP contribution in [0.3, 0.4) is 0 Å². The minimum absolute atomic E-state index is 0.151. The van der Waals surface area contributed by atoms with E-state index in [1.54, 1.807) is 24.3 Å². The van der Waals surface area contributed by atoms with E-state index in [-0.39, 0.29) is 6.42 Å². The SMILES string of the molecule is C[C@H](OC(=O)Cc1ccsc1)C(=O)Nc1ccc(C#N)cc1. The van der Waals surface area contributed by atoms with Crippen molar-refractivity contribution in [2.75, 3.05) is 5.32 Å². The van der Waals surface area contributed by atoms with E-state index in [0.29, 0.717) is 11.3 Å². The van der Waals surface area contributed by atoms with Crippen LogP contribution in [0.25, 0.3) is 0 Å². The lowest BCUT2D eigenvalue weighted by Crippen LogP contribution is -2.30. The molecule has 0 bridgehead atoms. The summed E-state index contributed by atoms with van der Waals surface area (Å²) < 4.78 is 5.10. The number of hydrogen-bond donors (Lipinski definition) is 1. The van der Waals surface area contributed by atoms with Crippen molar-refractivity contribution in [2.24, 2.45) is 0 Å². The molecule has 0 unspecified atom stereocenters. The Morgan fingerprint density at radius 1 is 1.32 bits per heavy atom. The lowest BCUT2D eigenvalue weighted by molar-refractivity contribution is -0.152. The fraction of sp³-hybridized carbons (Fsp3) is 0.188. The monoisotopic (exact) mass is 314 g/mol. The van der Waals surface area contributed by atoms with Crippen LogP contribution in [0.5, 0.6) is 0 Å². The number of ether oxygens (including phenoxy) is 1. The van der Waals surface area contributed by atoms with E-state index >= 15 is 0 Å². The molecule has 1 heterocycles. The minimum atomic E-state index is -0.887. The van der Waals surface area contributed by atoms with E-state index in [2.05, 4.69) is 5.32 Å². The molecule has 2 rings (SSSR count). The van der Waals surface area contributed by atoms with Gasteiger partial charge in [-0.15, -0.1) is 0 Å². The van der Waals surface area contributed by atoms with Crippen LogP contribution in [-0.4, -0.2) is 18.0 Å². The number of carbonyl (C=O) groups is 2. The van der Waals surface area contributed by atoms with Gasteiger partial charge in [-0.2, -0.15) is 16.6 Å². The summed E-state index contributed by atoms with van der Waals surface area (Å²) in [5.41, 5.74) is 1.92. The maximum atomic E-state index is 12.0. The van der Waals surface area contributed by atoms with Gasteiger partial charge >= 0.3 is 5.97 Å². The Labute approximate surface area is 132 Å². The molecule has 22 heavy (non-hydrogen) atoms. The van der Waals surface area contributed by atoms with Crippen molar-refractivity contribution in [1.29, 1.82) is 5.26 Å². The van der Waals surface area contributed by atoms with Crippen molar-refractivity contribution in [1.82, 2.24) is 0 Å². The molecule has 1 aromatic heterocycles. The highest BCUT2D eigenvalue weighted by molar-refractivity contribution is 7.07. The number of thiophene rings is 1. The molecule has 0 fully saturated rings. The molecule has 5 nitrogen and oxygen atoms in total. The number of nitrogens with one attached hydrogen (secondary N) is 1.